The number of carbonyl (C=O) groups is 1. The molecule has 2 nitrogen and oxygen atoms in total. The van der Waals surface area contributed by atoms with Crippen LogP contribution in [-0.4, -0.2) is 13.3 Å². The van der Waals surface area contributed by atoms with Crippen LogP contribution in [0.15, 0.2) is 35.7 Å². The molecule has 0 unspecified atom stereocenters. The Morgan fingerprint density at radius 3 is 2.82 bits per heavy atom. The van der Waals surface area contributed by atoms with E-state index in [4.69, 9.17) is 11.6 Å². The summed E-state index contributed by atoms with van der Waals surface area (Å²) in [5.41, 5.74) is 2.12. The standard InChI is InChI=1S/C13H12ClNOS/c1-15(11-6-12(8-16)17-9-11)7-10-4-2-3-5-13(10)14/h2-6,8-9H,7H2,1H3. The van der Waals surface area contributed by atoms with E-state index in [1.807, 2.05) is 42.8 Å². The van der Waals surface area contributed by atoms with E-state index in [9.17, 15) is 4.79 Å². The normalized spacial score (nSPS) is 10.2. The van der Waals surface area contributed by atoms with Crippen LogP contribution in [0.3, 0.4) is 0 Å². The average molecular weight is 266 g/mol. The quantitative estimate of drug-likeness (QED) is 0.783. The summed E-state index contributed by atoms with van der Waals surface area (Å²) in [6.07, 6.45) is 0.873. The van der Waals surface area contributed by atoms with E-state index in [1.54, 1.807) is 0 Å². The van der Waals surface area contributed by atoms with Crippen molar-refractivity contribution in [2.24, 2.45) is 0 Å². The molecular formula is C13H12ClNOS. The van der Waals surface area contributed by atoms with Gasteiger partial charge in [0.25, 0.3) is 0 Å². The first-order chi connectivity index (χ1) is 8.20. The van der Waals surface area contributed by atoms with Gasteiger partial charge in [0.15, 0.2) is 6.29 Å². The first-order valence-corrected chi connectivity index (χ1v) is 6.44. The number of hydrogen-bond acceptors (Lipinski definition) is 3. The van der Waals surface area contributed by atoms with Crippen LogP contribution in [0.5, 0.6) is 0 Å². The van der Waals surface area contributed by atoms with Crippen molar-refractivity contribution in [2.45, 2.75) is 6.54 Å². The average Bonchev–Trinajstić information content (AvgIpc) is 2.81. The molecule has 1 heterocycles. The second-order valence-electron chi connectivity index (χ2n) is 3.77. The van der Waals surface area contributed by atoms with Crippen LogP contribution >= 0.6 is 22.9 Å². The highest BCUT2D eigenvalue weighted by molar-refractivity contribution is 7.12. The van der Waals surface area contributed by atoms with Gasteiger partial charge in [-0.1, -0.05) is 29.8 Å². The summed E-state index contributed by atoms with van der Waals surface area (Å²) in [6, 6.07) is 9.66. The lowest BCUT2D eigenvalue weighted by atomic mass is 10.2. The number of aldehydes is 1. The Morgan fingerprint density at radius 1 is 1.41 bits per heavy atom. The Kier molecular flexibility index (Phi) is 3.82. The number of nitrogens with zero attached hydrogens (tertiary/aromatic N) is 1. The minimum absolute atomic E-state index is 0.731. The summed E-state index contributed by atoms with van der Waals surface area (Å²) in [6.45, 7) is 0.731. The first kappa shape index (κ1) is 12.1. The number of hydrogen-bond donors (Lipinski definition) is 0. The maximum absolute atomic E-state index is 10.6. The molecule has 1 aromatic carbocycles. The van der Waals surface area contributed by atoms with Crippen molar-refractivity contribution in [3.8, 4) is 0 Å². The maximum Gasteiger partial charge on any atom is 0.160 e. The zero-order valence-electron chi connectivity index (χ0n) is 9.39. The number of rotatable bonds is 4. The highest BCUT2D eigenvalue weighted by atomic mass is 35.5. The van der Waals surface area contributed by atoms with Crippen molar-refractivity contribution in [1.29, 1.82) is 0 Å². The van der Waals surface area contributed by atoms with Crippen LogP contribution in [0, 0.1) is 0 Å². The van der Waals surface area contributed by atoms with Crippen LogP contribution < -0.4 is 4.90 Å². The van der Waals surface area contributed by atoms with E-state index in [-0.39, 0.29) is 0 Å². The third-order valence-electron chi connectivity index (χ3n) is 2.53. The third-order valence-corrected chi connectivity index (χ3v) is 3.74. The molecule has 4 heteroatoms. The van der Waals surface area contributed by atoms with Gasteiger partial charge in [-0.25, -0.2) is 0 Å². The molecule has 2 aromatic rings. The zero-order chi connectivity index (χ0) is 12.3. The SMILES string of the molecule is CN(Cc1ccccc1Cl)c1csc(C=O)c1. The number of anilines is 1. The monoisotopic (exact) mass is 265 g/mol. The number of halogens is 1. The molecule has 0 radical (unpaired) electrons. The summed E-state index contributed by atoms with van der Waals surface area (Å²) in [4.78, 5) is 13.4. The van der Waals surface area contributed by atoms with Gasteiger partial charge in [-0.3, -0.25) is 4.79 Å². The number of thiophene rings is 1. The highest BCUT2D eigenvalue weighted by Gasteiger charge is 2.07. The minimum Gasteiger partial charge on any atom is -0.370 e. The largest absolute Gasteiger partial charge is 0.370 e. The summed E-state index contributed by atoms with van der Waals surface area (Å²) in [7, 11) is 1.99. The topological polar surface area (TPSA) is 20.3 Å². The first-order valence-electron chi connectivity index (χ1n) is 5.19. The van der Waals surface area contributed by atoms with Gasteiger partial charge in [0.2, 0.25) is 0 Å². The Hall–Kier alpha value is -1.32. The van der Waals surface area contributed by atoms with Gasteiger partial charge >= 0.3 is 0 Å². The van der Waals surface area contributed by atoms with Gasteiger partial charge in [-0.2, -0.15) is 0 Å². The van der Waals surface area contributed by atoms with Crippen molar-refractivity contribution < 1.29 is 4.79 Å². The van der Waals surface area contributed by atoms with Gasteiger partial charge in [-0.15, -0.1) is 11.3 Å². The molecule has 0 saturated heterocycles. The zero-order valence-corrected chi connectivity index (χ0v) is 11.0. The van der Waals surface area contributed by atoms with Gasteiger partial charge in [-0.05, 0) is 17.7 Å². The molecule has 2 rings (SSSR count). The van der Waals surface area contributed by atoms with E-state index >= 15 is 0 Å². The molecule has 17 heavy (non-hydrogen) atoms. The van der Waals surface area contributed by atoms with Crippen molar-refractivity contribution in [1.82, 2.24) is 0 Å². The molecule has 0 fully saturated rings. The molecule has 1 aromatic heterocycles. The fourth-order valence-electron chi connectivity index (χ4n) is 1.58. The molecule has 0 aliphatic rings. The smallest absolute Gasteiger partial charge is 0.160 e. The van der Waals surface area contributed by atoms with Crippen molar-refractivity contribution >= 4 is 34.9 Å². The van der Waals surface area contributed by atoms with Crippen LogP contribution in [-0.2, 0) is 6.54 Å². The number of benzene rings is 1. The molecule has 0 spiro atoms. The third kappa shape index (κ3) is 2.87. The molecule has 0 bridgehead atoms. The summed E-state index contributed by atoms with van der Waals surface area (Å²) in [5.74, 6) is 0. The van der Waals surface area contributed by atoms with Crippen molar-refractivity contribution in [2.75, 3.05) is 11.9 Å². The molecule has 0 saturated carbocycles. The maximum atomic E-state index is 10.6. The summed E-state index contributed by atoms with van der Waals surface area (Å²) < 4.78 is 0. The van der Waals surface area contributed by atoms with Gasteiger partial charge in [0.1, 0.15) is 0 Å². The lowest BCUT2D eigenvalue weighted by molar-refractivity contribution is 0.112. The van der Waals surface area contributed by atoms with Crippen molar-refractivity contribution in [3.05, 3.63) is 51.2 Å². The van der Waals surface area contributed by atoms with Gasteiger partial charge < -0.3 is 4.90 Å². The van der Waals surface area contributed by atoms with E-state index in [0.717, 1.165) is 34.0 Å². The molecule has 0 N–H and O–H groups in total. The van der Waals surface area contributed by atoms with Crippen LogP contribution in [0.25, 0.3) is 0 Å². The van der Waals surface area contributed by atoms with Crippen LogP contribution in [0.1, 0.15) is 15.2 Å². The molecule has 0 aliphatic carbocycles. The summed E-state index contributed by atoms with van der Waals surface area (Å²) in [5, 5.41) is 2.74. The van der Waals surface area contributed by atoms with Crippen molar-refractivity contribution in [3.63, 3.8) is 0 Å². The fourth-order valence-corrected chi connectivity index (χ4v) is 2.52. The molecule has 0 atom stereocenters. The van der Waals surface area contributed by atoms with E-state index < -0.39 is 0 Å². The Labute approximate surface area is 109 Å². The molecule has 88 valence electrons. The molecule has 0 amide bonds. The van der Waals surface area contributed by atoms with Crippen LogP contribution in [0.2, 0.25) is 5.02 Å². The second kappa shape index (κ2) is 5.34. The van der Waals surface area contributed by atoms with E-state index in [2.05, 4.69) is 4.90 Å². The Balaban J connectivity index is 2.14. The lowest BCUT2D eigenvalue weighted by Gasteiger charge is -2.18. The molecule has 0 aliphatic heterocycles. The highest BCUT2D eigenvalue weighted by Crippen LogP contribution is 2.24. The lowest BCUT2D eigenvalue weighted by Crippen LogP contribution is -2.15. The van der Waals surface area contributed by atoms with Crippen LogP contribution in [0.4, 0.5) is 5.69 Å². The van der Waals surface area contributed by atoms with E-state index in [1.165, 1.54) is 11.3 Å². The van der Waals surface area contributed by atoms with Gasteiger partial charge in [0, 0.05) is 29.7 Å². The summed E-state index contributed by atoms with van der Waals surface area (Å²) >= 11 is 7.56. The number of carbonyl (C=O) groups excluding carboxylic acids is 1. The Morgan fingerprint density at radius 2 is 2.18 bits per heavy atom. The van der Waals surface area contributed by atoms with E-state index in [0.29, 0.717) is 0 Å². The predicted molar refractivity (Wildman–Crippen MR) is 73.3 cm³/mol. The molecular weight excluding hydrogens is 254 g/mol. The predicted octanol–water partition coefficient (Wildman–Crippen LogP) is 3.85. The second-order valence-corrected chi connectivity index (χ2v) is 5.12. The fraction of sp³-hybridized carbons (Fsp3) is 0.154. The minimum atomic E-state index is 0.731. The van der Waals surface area contributed by atoms with Gasteiger partial charge in [0.05, 0.1) is 4.88 Å². The Bertz CT molecular complexity index is 524.